The van der Waals surface area contributed by atoms with E-state index in [1.165, 1.54) is 5.56 Å². The molecular weight excluding hydrogens is 432 g/mol. The van der Waals surface area contributed by atoms with E-state index >= 15 is 0 Å². The second-order valence-electron chi connectivity index (χ2n) is 7.65. The monoisotopic (exact) mass is 464 g/mol. The summed E-state index contributed by atoms with van der Waals surface area (Å²) < 4.78 is 22.0. The lowest BCUT2D eigenvalue weighted by Gasteiger charge is -2.35. The molecule has 1 amide bonds. The van der Waals surface area contributed by atoms with Crippen LogP contribution in [-0.2, 0) is 6.42 Å². The first-order valence-electron chi connectivity index (χ1n) is 10.5. The van der Waals surface area contributed by atoms with Gasteiger partial charge in [-0.1, -0.05) is 12.1 Å². The Balaban J connectivity index is 0.00000363. The summed E-state index contributed by atoms with van der Waals surface area (Å²) in [6.07, 6.45) is 1.45. The van der Waals surface area contributed by atoms with Gasteiger partial charge < -0.3 is 28.7 Å². The van der Waals surface area contributed by atoms with Crippen LogP contribution < -0.4 is 18.9 Å². The molecular formula is C24H33ClN2O5. The number of nitrogens with zero attached hydrogens (tertiary/aromatic N) is 2. The van der Waals surface area contributed by atoms with Gasteiger partial charge >= 0.3 is 0 Å². The van der Waals surface area contributed by atoms with Crippen LogP contribution in [0.5, 0.6) is 23.0 Å². The molecule has 2 aromatic rings. The molecule has 7 nitrogen and oxygen atoms in total. The molecule has 8 heteroatoms. The van der Waals surface area contributed by atoms with Gasteiger partial charge in [-0.15, -0.1) is 12.4 Å². The van der Waals surface area contributed by atoms with Gasteiger partial charge in [0.15, 0.2) is 29.2 Å². The highest BCUT2D eigenvalue weighted by atomic mass is 35.5. The fraction of sp³-hybridized carbons (Fsp3) is 0.458. The van der Waals surface area contributed by atoms with Crippen molar-refractivity contribution in [2.75, 3.05) is 48.0 Å². The Labute approximate surface area is 196 Å². The van der Waals surface area contributed by atoms with Crippen LogP contribution in [0.15, 0.2) is 36.4 Å². The molecule has 3 rings (SSSR count). The molecule has 0 aliphatic carbocycles. The van der Waals surface area contributed by atoms with Gasteiger partial charge in [-0.2, -0.15) is 0 Å². The van der Waals surface area contributed by atoms with Crippen molar-refractivity contribution in [3.63, 3.8) is 0 Å². The summed E-state index contributed by atoms with van der Waals surface area (Å²) >= 11 is 0. The Kier molecular flexibility index (Phi) is 9.47. The molecule has 1 heterocycles. The summed E-state index contributed by atoms with van der Waals surface area (Å²) in [5, 5.41) is 0. The minimum atomic E-state index is -0.326. The maximum atomic E-state index is 12.9. The molecule has 0 aromatic heterocycles. The number of hydrogen-bond donors (Lipinski definition) is 0. The summed E-state index contributed by atoms with van der Waals surface area (Å²) in [5.41, 5.74) is 1.75. The second kappa shape index (κ2) is 11.8. The first-order valence-corrected chi connectivity index (χ1v) is 10.5. The van der Waals surface area contributed by atoms with E-state index in [9.17, 15) is 4.79 Å². The van der Waals surface area contributed by atoms with Crippen molar-refractivity contribution in [1.82, 2.24) is 9.80 Å². The van der Waals surface area contributed by atoms with Crippen molar-refractivity contribution in [3.8, 4) is 23.0 Å². The number of benzene rings is 2. The standard InChI is InChI=1S/C24H32N2O5.ClH/c1-17-26(24(27)19-8-6-9-21(29-4)23(19)31-17)14-7-13-25(2)15-12-18-10-11-20(28-3)22(16-18)30-5;/h6,8-11,16-17H,7,12-15H2,1-5H3;1H. The molecule has 0 spiro atoms. The molecule has 0 N–H and O–H groups in total. The zero-order valence-corrected chi connectivity index (χ0v) is 20.2. The summed E-state index contributed by atoms with van der Waals surface area (Å²) in [6, 6.07) is 11.4. The van der Waals surface area contributed by atoms with E-state index in [-0.39, 0.29) is 24.5 Å². The average Bonchev–Trinajstić information content (AvgIpc) is 2.79. The SMILES string of the molecule is COc1ccc(CCN(C)CCCN2C(=O)c3cccc(OC)c3OC2C)cc1OC.Cl. The van der Waals surface area contributed by atoms with Crippen LogP contribution in [0.3, 0.4) is 0 Å². The fourth-order valence-corrected chi connectivity index (χ4v) is 3.78. The van der Waals surface area contributed by atoms with Crippen molar-refractivity contribution in [3.05, 3.63) is 47.5 Å². The Bertz CT molecular complexity index is 908. The van der Waals surface area contributed by atoms with Crippen molar-refractivity contribution < 1.29 is 23.7 Å². The maximum Gasteiger partial charge on any atom is 0.260 e. The Morgan fingerprint density at radius 3 is 2.41 bits per heavy atom. The molecule has 176 valence electrons. The largest absolute Gasteiger partial charge is 0.493 e. The Morgan fingerprint density at radius 2 is 1.72 bits per heavy atom. The minimum absolute atomic E-state index is 0. The lowest BCUT2D eigenvalue weighted by molar-refractivity contribution is 0.0157. The molecule has 0 radical (unpaired) electrons. The van der Waals surface area contributed by atoms with Gasteiger partial charge in [0.1, 0.15) is 0 Å². The number of carbonyl (C=O) groups excluding carboxylic acids is 1. The average molecular weight is 465 g/mol. The third kappa shape index (κ3) is 5.78. The zero-order chi connectivity index (χ0) is 22.4. The molecule has 1 atom stereocenters. The van der Waals surface area contributed by atoms with E-state index in [4.69, 9.17) is 18.9 Å². The van der Waals surface area contributed by atoms with Crippen molar-refractivity contribution >= 4 is 18.3 Å². The van der Waals surface area contributed by atoms with Gasteiger partial charge in [-0.25, -0.2) is 0 Å². The highest BCUT2D eigenvalue weighted by molar-refractivity contribution is 5.98. The van der Waals surface area contributed by atoms with E-state index < -0.39 is 0 Å². The maximum absolute atomic E-state index is 12.9. The smallest absolute Gasteiger partial charge is 0.260 e. The number of ether oxygens (including phenoxy) is 4. The molecule has 0 saturated carbocycles. The Morgan fingerprint density at radius 1 is 1.00 bits per heavy atom. The topological polar surface area (TPSA) is 60.5 Å². The van der Waals surface area contributed by atoms with E-state index in [1.54, 1.807) is 32.3 Å². The van der Waals surface area contributed by atoms with Gasteiger partial charge in [0.2, 0.25) is 0 Å². The number of halogens is 1. The fourth-order valence-electron chi connectivity index (χ4n) is 3.78. The van der Waals surface area contributed by atoms with Crippen molar-refractivity contribution in [2.24, 2.45) is 0 Å². The zero-order valence-electron chi connectivity index (χ0n) is 19.4. The Hall–Kier alpha value is -2.64. The first-order chi connectivity index (χ1) is 15.0. The molecule has 0 saturated heterocycles. The number of amides is 1. The molecule has 0 fully saturated rings. The van der Waals surface area contributed by atoms with Crippen LogP contribution in [0.1, 0.15) is 29.3 Å². The molecule has 1 unspecified atom stereocenters. The highest BCUT2D eigenvalue weighted by Crippen LogP contribution is 2.36. The van der Waals surface area contributed by atoms with Crippen molar-refractivity contribution in [2.45, 2.75) is 26.0 Å². The molecule has 0 bridgehead atoms. The third-order valence-electron chi connectivity index (χ3n) is 5.59. The predicted molar refractivity (Wildman–Crippen MR) is 127 cm³/mol. The van der Waals surface area contributed by atoms with Crippen molar-refractivity contribution in [1.29, 1.82) is 0 Å². The molecule has 2 aromatic carbocycles. The van der Waals surface area contributed by atoms with Crippen LogP contribution in [0.2, 0.25) is 0 Å². The van der Waals surface area contributed by atoms with Gasteiger partial charge in [-0.05, 0) is 63.2 Å². The molecule has 1 aliphatic heterocycles. The lowest BCUT2D eigenvalue weighted by Crippen LogP contribution is -2.46. The quantitative estimate of drug-likeness (QED) is 0.531. The third-order valence-corrected chi connectivity index (χ3v) is 5.59. The lowest BCUT2D eigenvalue weighted by atomic mass is 10.1. The number of likely N-dealkylation sites (N-methyl/N-ethyl adjacent to an activating group) is 1. The first kappa shape index (κ1) is 25.6. The van der Waals surface area contributed by atoms with E-state index in [0.29, 0.717) is 23.6 Å². The summed E-state index contributed by atoms with van der Waals surface area (Å²) in [4.78, 5) is 17.0. The normalized spacial score (nSPS) is 15.0. The number of para-hydroxylation sites is 1. The van der Waals surface area contributed by atoms with Gasteiger partial charge in [0.05, 0.1) is 26.9 Å². The molecule has 32 heavy (non-hydrogen) atoms. The van der Waals surface area contributed by atoms with Crippen LogP contribution >= 0.6 is 12.4 Å². The highest BCUT2D eigenvalue weighted by Gasteiger charge is 2.32. The minimum Gasteiger partial charge on any atom is -0.493 e. The van der Waals surface area contributed by atoms with Gasteiger partial charge in [0.25, 0.3) is 5.91 Å². The summed E-state index contributed by atoms with van der Waals surface area (Å²) in [7, 11) is 6.96. The summed E-state index contributed by atoms with van der Waals surface area (Å²) in [6.45, 7) is 4.33. The summed E-state index contributed by atoms with van der Waals surface area (Å²) in [5.74, 6) is 2.59. The molecule has 1 aliphatic rings. The van der Waals surface area contributed by atoms with E-state index in [2.05, 4.69) is 18.0 Å². The van der Waals surface area contributed by atoms with E-state index in [1.807, 2.05) is 31.2 Å². The van der Waals surface area contributed by atoms with Gasteiger partial charge in [0, 0.05) is 13.1 Å². The predicted octanol–water partition coefficient (Wildman–Crippen LogP) is 3.88. The van der Waals surface area contributed by atoms with Crippen LogP contribution in [0.25, 0.3) is 0 Å². The number of hydrogen-bond acceptors (Lipinski definition) is 6. The number of methoxy groups -OCH3 is 3. The van der Waals surface area contributed by atoms with Crippen LogP contribution in [-0.4, -0.2) is 69.9 Å². The second-order valence-corrected chi connectivity index (χ2v) is 7.65. The van der Waals surface area contributed by atoms with Gasteiger partial charge in [-0.3, -0.25) is 4.79 Å². The number of rotatable bonds is 10. The van der Waals surface area contributed by atoms with Crippen LogP contribution in [0, 0.1) is 0 Å². The number of fused-ring (bicyclic) bond motifs is 1. The number of carbonyl (C=O) groups is 1. The van der Waals surface area contributed by atoms with E-state index in [0.717, 1.165) is 37.4 Å². The van der Waals surface area contributed by atoms with Crippen LogP contribution in [0.4, 0.5) is 0 Å².